The number of aromatic nitrogens is 2. The van der Waals surface area contributed by atoms with E-state index in [9.17, 15) is 9.59 Å². The molecular weight excluding hydrogens is 338 g/mol. The van der Waals surface area contributed by atoms with Crippen molar-refractivity contribution in [3.63, 3.8) is 0 Å². The van der Waals surface area contributed by atoms with Crippen LogP contribution in [-0.4, -0.2) is 27.7 Å². The van der Waals surface area contributed by atoms with Gasteiger partial charge in [-0.3, -0.25) is 9.59 Å². The van der Waals surface area contributed by atoms with E-state index in [0.717, 1.165) is 16.8 Å². The first-order chi connectivity index (χ1) is 11.8. The molecule has 1 aromatic heterocycles. The number of carbonyl (C=O) groups excluding carboxylic acids is 1. The molecule has 0 aliphatic carbocycles. The Morgan fingerprint density at radius 3 is 2.64 bits per heavy atom. The van der Waals surface area contributed by atoms with Crippen molar-refractivity contribution in [2.45, 2.75) is 45.6 Å². The normalized spacial score (nSPS) is 10.9. The van der Waals surface area contributed by atoms with Gasteiger partial charge >= 0.3 is 0 Å². The summed E-state index contributed by atoms with van der Waals surface area (Å²) in [4.78, 5) is 30.9. The summed E-state index contributed by atoms with van der Waals surface area (Å²) < 4.78 is 5.46. The van der Waals surface area contributed by atoms with Gasteiger partial charge in [-0.15, -0.1) is 0 Å². The van der Waals surface area contributed by atoms with Gasteiger partial charge in [0.25, 0.3) is 5.56 Å². The highest BCUT2D eigenvalue weighted by molar-refractivity contribution is 7.99. The number of carbonyl (C=O) groups is 1. The van der Waals surface area contributed by atoms with Gasteiger partial charge in [-0.25, -0.2) is 4.98 Å². The number of anilines is 1. The largest absolute Gasteiger partial charge is 0.373 e. The number of nitrogens with one attached hydrogen (secondary N) is 2. The Bertz CT molecular complexity index is 782. The van der Waals surface area contributed by atoms with Crippen LogP contribution in [-0.2, 0) is 16.1 Å². The number of aryl methyl sites for hydroxylation is 2. The van der Waals surface area contributed by atoms with Gasteiger partial charge in [-0.2, -0.15) is 0 Å². The summed E-state index contributed by atoms with van der Waals surface area (Å²) in [5.41, 5.74) is 3.15. The summed E-state index contributed by atoms with van der Waals surface area (Å²) in [6, 6.07) is 7.26. The van der Waals surface area contributed by atoms with E-state index in [1.807, 2.05) is 45.9 Å². The van der Waals surface area contributed by atoms with Crippen LogP contribution in [0, 0.1) is 13.8 Å². The van der Waals surface area contributed by atoms with Crippen LogP contribution in [0.5, 0.6) is 0 Å². The molecule has 0 bridgehead atoms. The third kappa shape index (κ3) is 6.03. The molecular formula is C18H23N3O3S. The van der Waals surface area contributed by atoms with E-state index >= 15 is 0 Å². The molecule has 2 aromatic rings. The fourth-order valence-corrected chi connectivity index (χ4v) is 2.89. The third-order valence-corrected chi connectivity index (χ3v) is 4.30. The van der Waals surface area contributed by atoms with Crippen molar-refractivity contribution < 1.29 is 9.53 Å². The number of ether oxygens (including phenoxy) is 1. The van der Waals surface area contributed by atoms with Crippen LogP contribution in [0.3, 0.4) is 0 Å². The summed E-state index contributed by atoms with van der Waals surface area (Å²) in [5.74, 6) is 0.0134. The Morgan fingerprint density at radius 1 is 1.32 bits per heavy atom. The predicted molar refractivity (Wildman–Crippen MR) is 100 cm³/mol. The highest BCUT2D eigenvalue weighted by atomic mass is 32.2. The van der Waals surface area contributed by atoms with Gasteiger partial charge in [-0.05, 0) is 38.8 Å². The Kier molecular flexibility index (Phi) is 6.78. The maximum Gasteiger partial charge on any atom is 0.251 e. The van der Waals surface area contributed by atoms with Gasteiger partial charge in [0.05, 0.1) is 24.2 Å². The number of benzene rings is 1. The number of amides is 1. The van der Waals surface area contributed by atoms with E-state index in [1.54, 1.807) is 0 Å². The number of thioether (sulfide) groups is 1. The molecule has 0 radical (unpaired) electrons. The van der Waals surface area contributed by atoms with E-state index in [0.29, 0.717) is 10.9 Å². The second kappa shape index (κ2) is 8.82. The first-order valence-electron chi connectivity index (χ1n) is 8.06. The third-order valence-electron chi connectivity index (χ3n) is 3.42. The molecule has 134 valence electrons. The predicted octanol–water partition coefficient (Wildman–Crippen LogP) is 3.04. The van der Waals surface area contributed by atoms with Gasteiger partial charge in [0.15, 0.2) is 5.16 Å². The monoisotopic (exact) mass is 361 g/mol. The van der Waals surface area contributed by atoms with Crippen LogP contribution in [0.25, 0.3) is 0 Å². The second-order valence-corrected chi connectivity index (χ2v) is 6.97. The Balaban J connectivity index is 1.98. The molecule has 25 heavy (non-hydrogen) atoms. The smallest absolute Gasteiger partial charge is 0.251 e. The van der Waals surface area contributed by atoms with E-state index in [1.165, 1.54) is 17.8 Å². The Labute approximate surface area is 151 Å². The molecule has 1 amide bonds. The lowest BCUT2D eigenvalue weighted by Crippen LogP contribution is -2.17. The van der Waals surface area contributed by atoms with E-state index in [2.05, 4.69) is 15.3 Å². The first-order valence-corrected chi connectivity index (χ1v) is 9.04. The fraction of sp³-hybridized carbons (Fsp3) is 0.389. The Morgan fingerprint density at radius 2 is 2.00 bits per heavy atom. The second-order valence-electron chi connectivity index (χ2n) is 6.01. The molecule has 0 saturated heterocycles. The average molecular weight is 361 g/mol. The standard InChI is InChI=1S/C18H23N3O3S/c1-11(2)24-9-14-8-15(22)21-18(19-14)25-10-16(23)20-17-12(3)6-5-7-13(17)4/h5-8,11H,9-10H2,1-4H3,(H,20,23)(H,19,21,22). The topological polar surface area (TPSA) is 84.1 Å². The number of H-pyrrole nitrogens is 1. The molecule has 0 saturated carbocycles. The average Bonchev–Trinajstić information content (AvgIpc) is 2.54. The van der Waals surface area contributed by atoms with Crippen molar-refractivity contribution in [2.24, 2.45) is 0 Å². The minimum Gasteiger partial charge on any atom is -0.373 e. The van der Waals surface area contributed by atoms with Crippen molar-refractivity contribution in [2.75, 3.05) is 11.1 Å². The lowest BCUT2D eigenvalue weighted by atomic mass is 10.1. The van der Waals surface area contributed by atoms with Gasteiger partial charge in [0, 0.05) is 11.8 Å². The quantitative estimate of drug-likeness (QED) is 0.585. The molecule has 0 spiro atoms. The Hall–Kier alpha value is -2.12. The van der Waals surface area contributed by atoms with Crippen LogP contribution in [0.4, 0.5) is 5.69 Å². The number of para-hydroxylation sites is 1. The fourth-order valence-electron chi connectivity index (χ4n) is 2.20. The van der Waals surface area contributed by atoms with Crippen molar-refractivity contribution in [1.29, 1.82) is 0 Å². The molecule has 1 aromatic carbocycles. The molecule has 6 nitrogen and oxygen atoms in total. The number of rotatable bonds is 7. The van der Waals surface area contributed by atoms with Crippen molar-refractivity contribution >= 4 is 23.4 Å². The molecule has 0 aliphatic heterocycles. The van der Waals surface area contributed by atoms with Gasteiger partial charge in [0.2, 0.25) is 5.91 Å². The van der Waals surface area contributed by atoms with Gasteiger partial charge in [-0.1, -0.05) is 30.0 Å². The van der Waals surface area contributed by atoms with Crippen molar-refractivity contribution in [1.82, 2.24) is 9.97 Å². The van der Waals surface area contributed by atoms with Crippen LogP contribution in [0.15, 0.2) is 34.2 Å². The summed E-state index contributed by atoms with van der Waals surface area (Å²) in [6.45, 7) is 8.01. The van der Waals surface area contributed by atoms with Gasteiger partial charge in [0.1, 0.15) is 0 Å². The first kappa shape index (κ1) is 19.2. The molecule has 7 heteroatoms. The lowest BCUT2D eigenvalue weighted by molar-refractivity contribution is -0.113. The molecule has 2 rings (SSSR count). The maximum atomic E-state index is 12.2. The summed E-state index contributed by atoms with van der Waals surface area (Å²) in [7, 11) is 0. The highest BCUT2D eigenvalue weighted by Crippen LogP contribution is 2.20. The molecule has 1 heterocycles. The molecule has 0 aliphatic rings. The number of hydrogen-bond acceptors (Lipinski definition) is 5. The zero-order valence-corrected chi connectivity index (χ0v) is 15.7. The van der Waals surface area contributed by atoms with Crippen LogP contribution >= 0.6 is 11.8 Å². The zero-order valence-electron chi connectivity index (χ0n) is 14.9. The van der Waals surface area contributed by atoms with E-state index < -0.39 is 0 Å². The number of aromatic amines is 1. The minimum absolute atomic E-state index is 0.0559. The zero-order chi connectivity index (χ0) is 18.4. The molecule has 2 N–H and O–H groups in total. The molecule has 0 atom stereocenters. The van der Waals surface area contributed by atoms with E-state index in [-0.39, 0.29) is 29.9 Å². The summed E-state index contributed by atoms with van der Waals surface area (Å²) in [5, 5.41) is 3.32. The van der Waals surface area contributed by atoms with Crippen LogP contribution in [0.2, 0.25) is 0 Å². The minimum atomic E-state index is -0.255. The van der Waals surface area contributed by atoms with Crippen LogP contribution in [0.1, 0.15) is 30.7 Å². The summed E-state index contributed by atoms with van der Waals surface area (Å²) in [6.07, 6.45) is 0.0559. The van der Waals surface area contributed by atoms with Gasteiger partial charge < -0.3 is 15.0 Å². The number of hydrogen-bond donors (Lipinski definition) is 2. The number of nitrogens with zero attached hydrogens (tertiary/aromatic N) is 1. The molecule has 0 unspecified atom stereocenters. The van der Waals surface area contributed by atoms with Crippen LogP contribution < -0.4 is 10.9 Å². The highest BCUT2D eigenvalue weighted by Gasteiger charge is 2.10. The van der Waals surface area contributed by atoms with Crippen molar-refractivity contribution in [3.05, 3.63) is 51.4 Å². The maximum absolute atomic E-state index is 12.2. The lowest BCUT2D eigenvalue weighted by Gasteiger charge is -2.11. The van der Waals surface area contributed by atoms with E-state index in [4.69, 9.17) is 4.74 Å². The molecule has 0 fully saturated rings. The SMILES string of the molecule is Cc1cccc(C)c1NC(=O)CSc1nc(COC(C)C)cc(=O)[nH]1. The summed E-state index contributed by atoms with van der Waals surface area (Å²) >= 11 is 1.19. The van der Waals surface area contributed by atoms with Crippen molar-refractivity contribution in [3.8, 4) is 0 Å².